The molecule has 0 aromatic rings. The van der Waals surface area contributed by atoms with Gasteiger partial charge in [-0.3, -0.25) is 25.2 Å². The number of carbonyl (C=O) groups is 3. The van der Waals surface area contributed by atoms with Crippen molar-refractivity contribution in [2.45, 2.75) is 31.8 Å². The van der Waals surface area contributed by atoms with Gasteiger partial charge in [-0.1, -0.05) is 0 Å². The van der Waals surface area contributed by atoms with Gasteiger partial charge in [0, 0.05) is 20.5 Å². The summed E-state index contributed by atoms with van der Waals surface area (Å²) in [6.07, 6.45) is 1.05. The molecule has 0 aromatic heterocycles. The minimum Gasteiger partial charge on any atom is -0.309 e. The number of nitrogens with zero attached hydrogens (tertiary/aromatic N) is 3. The molecule has 0 aliphatic carbocycles. The first-order valence-electron chi connectivity index (χ1n) is 5.75. The van der Waals surface area contributed by atoms with Gasteiger partial charge in [0.25, 0.3) is 5.91 Å². The number of urea groups is 1. The molecule has 8 heteroatoms. The average Bonchev–Trinajstić information content (AvgIpc) is 2.54. The molecule has 8 nitrogen and oxygen atoms in total. The lowest BCUT2D eigenvalue weighted by molar-refractivity contribution is -0.140. The van der Waals surface area contributed by atoms with Gasteiger partial charge in [-0.25, -0.2) is 9.86 Å². The van der Waals surface area contributed by atoms with Crippen LogP contribution in [0, 0.1) is 0 Å². The van der Waals surface area contributed by atoms with E-state index in [9.17, 15) is 19.6 Å². The number of rotatable bonds is 1. The first-order valence-corrected chi connectivity index (χ1v) is 5.75. The first kappa shape index (κ1) is 12.6. The second-order valence-corrected chi connectivity index (χ2v) is 4.58. The van der Waals surface area contributed by atoms with Crippen LogP contribution in [-0.2, 0) is 9.59 Å². The molecule has 2 N–H and O–H groups in total. The van der Waals surface area contributed by atoms with Crippen LogP contribution in [0.15, 0.2) is 0 Å². The number of hydrogen-bond acceptors (Lipinski definition) is 4. The van der Waals surface area contributed by atoms with E-state index in [1.54, 1.807) is 0 Å². The summed E-state index contributed by atoms with van der Waals surface area (Å²) in [5.74, 6) is -0.705. The number of hydrogen-bond donors (Lipinski definition) is 2. The Kier molecular flexibility index (Phi) is 3.12. The Balaban J connectivity index is 2.04. The molecule has 4 amide bonds. The molecule has 0 unspecified atom stereocenters. The van der Waals surface area contributed by atoms with Crippen LogP contribution >= 0.6 is 0 Å². The van der Waals surface area contributed by atoms with Crippen molar-refractivity contribution in [1.82, 2.24) is 20.4 Å². The summed E-state index contributed by atoms with van der Waals surface area (Å²) in [5, 5.41) is 11.2. The van der Waals surface area contributed by atoms with Crippen molar-refractivity contribution >= 4 is 17.8 Å². The first-order chi connectivity index (χ1) is 8.41. The summed E-state index contributed by atoms with van der Waals surface area (Å²) in [5.41, 5.74) is 2.42. The van der Waals surface area contributed by atoms with E-state index in [1.165, 1.54) is 18.9 Å². The van der Waals surface area contributed by atoms with Crippen LogP contribution in [-0.4, -0.2) is 63.7 Å². The van der Waals surface area contributed by atoms with Crippen molar-refractivity contribution in [3.05, 3.63) is 0 Å². The molecule has 100 valence electrons. The summed E-state index contributed by atoms with van der Waals surface area (Å²) in [7, 11) is 1.44. The fourth-order valence-electron chi connectivity index (χ4n) is 2.24. The van der Waals surface area contributed by atoms with E-state index in [0.29, 0.717) is 24.4 Å². The average molecular weight is 256 g/mol. The number of nitrogens with one attached hydrogen (secondary N) is 1. The molecule has 2 aliphatic rings. The van der Waals surface area contributed by atoms with Gasteiger partial charge < -0.3 is 4.90 Å². The number of piperidine rings is 1. The van der Waals surface area contributed by atoms with Gasteiger partial charge in [0.15, 0.2) is 0 Å². The molecular weight excluding hydrogens is 240 g/mol. The van der Waals surface area contributed by atoms with Crippen LogP contribution in [0.2, 0.25) is 0 Å². The molecular formula is C10H16N4O4. The van der Waals surface area contributed by atoms with Crippen LogP contribution in [0.5, 0.6) is 0 Å². The predicted molar refractivity (Wildman–Crippen MR) is 59.1 cm³/mol. The SMILES string of the molecule is CC(=O)N(C)NC(=O)[C@@H]1CC[C@@H]2CN1C(=O)N2O. The summed E-state index contributed by atoms with van der Waals surface area (Å²) in [6, 6.07) is -1.41. The number of fused-ring (bicyclic) bond motifs is 2. The topological polar surface area (TPSA) is 93.2 Å². The smallest absolute Gasteiger partial charge is 0.309 e. The molecule has 2 bridgehead atoms. The van der Waals surface area contributed by atoms with Gasteiger partial charge in [0.1, 0.15) is 6.04 Å². The largest absolute Gasteiger partial charge is 0.344 e. The third-order valence-corrected chi connectivity index (χ3v) is 3.40. The van der Waals surface area contributed by atoms with Crippen molar-refractivity contribution < 1.29 is 19.6 Å². The van der Waals surface area contributed by atoms with Crippen LogP contribution in [0.4, 0.5) is 4.79 Å². The summed E-state index contributed by atoms with van der Waals surface area (Å²) >= 11 is 0. The zero-order chi connectivity index (χ0) is 13.4. The lowest BCUT2D eigenvalue weighted by Gasteiger charge is -2.30. The lowest BCUT2D eigenvalue weighted by Crippen LogP contribution is -2.54. The van der Waals surface area contributed by atoms with Crippen molar-refractivity contribution in [3.8, 4) is 0 Å². The van der Waals surface area contributed by atoms with Crippen LogP contribution in [0.1, 0.15) is 19.8 Å². The fraction of sp³-hybridized carbons (Fsp3) is 0.700. The zero-order valence-electron chi connectivity index (χ0n) is 10.3. The van der Waals surface area contributed by atoms with E-state index in [4.69, 9.17) is 0 Å². The number of hydroxylamine groups is 2. The highest BCUT2D eigenvalue weighted by Crippen LogP contribution is 2.28. The molecule has 2 saturated heterocycles. The molecule has 2 fully saturated rings. The second kappa shape index (κ2) is 4.45. The number of amides is 4. The lowest BCUT2D eigenvalue weighted by atomic mass is 10.0. The summed E-state index contributed by atoms with van der Waals surface area (Å²) < 4.78 is 0. The van der Waals surface area contributed by atoms with Crippen LogP contribution < -0.4 is 5.43 Å². The van der Waals surface area contributed by atoms with Gasteiger partial charge in [0.05, 0.1) is 6.04 Å². The molecule has 0 saturated carbocycles. The quantitative estimate of drug-likeness (QED) is 0.472. The highest BCUT2D eigenvalue weighted by atomic mass is 16.5. The molecule has 2 atom stereocenters. The van der Waals surface area contributed by atoms with Gasteiger partial charge >= 0.3 is 6.03 Å². The third kappa shape index (κ3) is 1.99. The molecule has 0 aromatic carbocycles. The molecule has 2 rings (SSSR count). The maximum absolute atomic E-state index is 12.0. The van der Waals surface area contributed by atoms with E-state index in [0.717, 1.165) is 5.01 Å². The van der Waals surface area contributed by atoms with Crippen molar-refractivity contribution in [2.75, 3.05) is 13.6 Å². The monoisotopic (exact) mass is 256 g/mol. The fourth-order valence-corrected chi connectivity index (χ4v) is 2.24. The minimum absolute atomic E-state index is 0.230. The van der Waals surface area contributed by atoms with Gasteiger partial charge in [-0.2, -0.15) is 0 Å². The van der Waals surface area contributed by atoms with Gasteiger partial charge in [-0.15, -0.1) is 0 Å². The van der Waals surface area contributed by atoms with Gasteiger partial charge in [-0.05, 0) is 12.8 Å². The van der Waals surface area contributed by atoms with E-state index < -0.39 is 18.0 Å². The highest BCUT2D eigenvalue weighted by molar-refractivity contribution is 5.89. The normalized spacial score (nSPS) is 26.3. The van der Waals surface area contributed by atoms with E-state index in [1.807, 2.05) is 0 Å². The summed E-state index contributed by atoms with van der Waals surface area (Å²) in [4.78, 5) is 36.0. The zero-order valence-corrected chi connectivity index (χ0v) is 10.3. The van der Waals surface area contributed by atoms with Gasteiger partial charge in [0.2, 0.25) is 5.91 Å². The Hall–Kier alpha value is -1.83. The Morgan fingerprint density at radius 3 is 2.72 bits per heavy atom. The molecule has 0 spiro atoms. The van der Waals surface area contributed by atoms with Crippen molar-refractivity contribution in [1.29, 1.82) is 0 Å². The van der Waals surface area contributed by atoms with E-state index >= 15 is 0 Å². The van der Waals surface area contributed by atoms with Crippen molar-refractivity contribution in [3.63, 3.8) is 0 Å². The maximum Gasteiger partial charge on any atom is 0.344 e. The standard InChI is InChI=1S/C10H16N4O4/c1-6(15)12(2)11-9(16)8-4-3-7-5-13(8)10(17)14(7)18/h7-8,18H,3-5H2,1-2H3,(H,11,16)/t7-,8+/m1/s1. The predicted octanol–water partition coefficient (Wildman–Crippen LogP) is -0.846. The Bertz CT molecular complexity index is 399. The summed E-state index contributed by atoms with van der Waals surface area (Å²) in [6.45, 7) is 1.67. The van der Waals surface area contributed by atoms with Crippen LogP contribution in [0.3, 0.4) is 0 Å². The molecule has 2 aliphatic heterocycles. The highest BCUT2D eigenvalue weighted by Gasteiger charge is 2.46. The van der Waals surface area contributed by atoms with E-state index in [2.05, 4.69) is 5.43 Å². The number of carbonyl (C=O) groups excluding carboxylic acids is 3. The Morgan fingerprint density at radius 1 is 1.44 bits per heavy atom. The maximum atomic E-state index is 12.0. The third-order valence-electron chi connectivity index (χ3n) is 3.40. The Labute approximate surface area is 104 Å². The molecule has 2 heterocycles. The number of hydrazine groups is 1. The molecule has 18 heavy (non-hydrogen) atoms. The minimum atomic E-state index is -0.632. The van der Waals surface area contributed by atoms with Crippen LogP contribution in [0.25, 0.3) is 0 Å². The van der Waals surface area contributed by atoms with E-state index in [-0.39, 0.29) is 11.9 Å². The molecule has 0 radical (unpaired) electrons. The van der Waals surface area contributed by atoms with Crippen molar-refractivity contribution in [2.24, 2.45) is 0 Å². The second-order valence-electron chi connectivity index (χ2n) is 4.58. The Morgan fingerprint density at radius 2 is 2.11 bits per heavy atom.